The maximum absolute atomic E-state index is 12.8. The minimum Gasteiger partial charge on any atom is -0.396 e. The van der Waals surface area contributed by atoms with Gasteiger partial charge < -0.3 is 15.7 Å². The molecule has 0 aliphatic carbocycles. The summed E-state index contributed by atoms with van der Waals surface area (Å²) < 4.78 is 0. The quantitative estimate of drug-likeness (QED) is 0.395. The number of halogens is 1. The number of benzene rings is 3. The number of amides is 2. The van der Waals surface area contributed by atoms with E-state index in [4.69, 9.17) is 16.7 Å². The van der Waals surface area contributed by atoms with Gasteiger partial charge in [-0.25, -0.2) is 0 Å². The van der Waals surface area contributed by atoms with Crippen LogP contribution in [0.25, 0.3) is 11.1 Å². The van der Waals surface area contributed by atoms with Crippen molar-refractivity contribution in [3.05, 3.63) is 95.0 Å². The molecule has 166 valence electrons. The van der Waals surface area contributed by atoms with Gasteiger partial charge in [0.05, 0.1) is 0 Å². The Morgan fingerprint density at radius 2 is 1.59 bits per heavy atom. The summed E-state index contributed by atoms with van der Waals surface area (Å²) in [7, 11) is 0. The summed E-state index contributed by atoms with van der Waals surface area (Å²) >= 11 is 6.00. The summed E-state index contributed by atoms with van der Waals surface area (Å²) in [6.07, 6.45) is 1.63. The van der Waals surface area contributed by atoms with Crippen LogP contribution >= 0.6 is 11.6 Å². The van der Waals surface area contributed by atoms with Gasteiger partial charge in [-0.3, -0.25) is 9.59 Å². The molecule has 1 atom stereocenters. The van der Waals surface area contributed by atoms with Crippen LogP contribution in [-0.2, 0) is 11.3 Å². The Balaban J connectivity index is 1.64. The Labute approximate surface area is 193 Å². The van der Waals surface area contributed by atoms with Crippen molar-refractivity contribution in [3.8, 4) is 11.1 Å². The molecular formula is C26H27ClN2O3. The van der Waals surface area contributed by atoms with E-state index in [1.54, 1.807) is 24.3 Å². The summed E-state index contributed by atoms with van der Waals surface area (Å²) in [5, 5.41) is 15.4. The third-order valence-electron chi connectivity index (χ3n) is 5.13. The van der Waals surface area contributed by atoms with Crippen molar-refractivity contribution in [3.63, 3.8) is 0 Å². The number of carbonyl (C=O) groups is 2. The third-order valence-corrected chi connectivity index (χ3v) is 5.37. The van der Waals surface area contributed by atoms with Crippen LogP contribution in [0, 0.1) is 0 Å². The molecule has 3 N–H and O–H groups in total. The van der Waals surface area contributed by atoms with Crippen molar-refractivity contribution in [2.75, 3.05) is 6.61 Å². The van der Waals surface area contributed by atoms with Gasteiger partial charge in [0.15, 0.2) is 0 Å². The molecule has 0 aliphatic rings. The second kappa shape index (κ2) is 12.0. The first-order valence-corrected chi connectivity index (χ1v) is 11.0. The molecule has 5 nitrogen and oxygen atoms in total. The molecule has 0 heterocycles. The molecule has 6 heteroatoms. The van der Waals surface area contributed by atoms with Crippen molar-refractivity contribution < 1.29 is 14.7 Å². The van der Waals surface area contributed by atoms with Crippen molar-refractivity contribution >= 4 is 23.4 Å². The van der Waals surface area contributed by atoms with Crippen LogP contribution in [0.3, 0.4) is 0 Å². The van der Waals surface area contributed by atoms with E-state index < -0.39 is 6.04 Å². The molecule has 0 unspecified atom stereocenters. The lowest BCUT2D eigenvalue weighted by Crippen LogP contribution is -2.46. The van der Waals surface area contributed by atoms with Gasteiger partial charge in [0.1, 0.15) is 6.04 Å². The molecule has 0 saturated heterocycles. The summed E-state index contributed by atoms with van der Waals surface area (Å²) in [4.78, 5) is 25.6. The standard InChI is InChI=1S/C26H27ClN2O3/c27-23-10-6-7-19(17-23)18-28-26(32)24(11-4-5-16-30)29-25(31)22-14-12-21(13-15-22)20-8-2-1-3-9-20/h1-3,6-10,12-15,17,24,30H,4-5,11,16,18H2,(H,28,32)(H,29,31)/t24-/m0/s1. The van der Waals surface area contributed by atoms with Crippen molar-refractivity contribution in [1.82, 2.24) is 10.6 Å². The number of carbonyl (C=O) groups excluding carboxylic acids is 2. The predicted octanol–water partition coefficient (Wildman–Crippen LogP) is 4.58. The average Bonchev–Trinajstić information content (AvgIpc) is 2.82. The summed E-state index contributed by atoms with van der Waals surface area (Å²) in [6, 6.07) is 23.8. The minimum absolute atomic E-state index is 0.0474. The van der Waals surface area contributed by atoms with E-state index in [1.165, 1.54) is 0 Å². The van der Waals surface area contributed by atoms with Gasteiger partial charge in [-0.15, -0.1) is 0 Å². The van der Waals surface area contributed by atoms with Crippen LogP contribution in [0.4, 0.5) is 0 Å². The minimum atomic E-state index is -0.693. The number of aliphatic hydroxyl groups is 1. The van der Waals surface area contributed by atoms with Crippen molar-refractivity contribution in [2.45, 2.75) is 31.8 Å². The molecule has 0 radical (unpaired) electrons. The van der Waals surface area contributed by atoms with E-state index in [2.05, 4.69) is 10.6 Å². The fourth-order valence-corrected chi connectivity index (χ4v) is 3.59. The monoisotopic (exact) mass is 450 g/mol. The van der Waals surface area contributed by atoms with Crippen LogP contribution in [-0.4, -0.2) is 29.6 Å². The topological polar surface area (TPSA) is 78.4 Å². The van der Waals surface area contributed by atoms with Gasteiger partial charge in [-0.2, -0.15) is 0 Å². The van der Waals surface area contributed by atoms with Gasteiger partial charge in [-0.1, -0.05) is 66.2 Å². The van der Waals surface area contributed by atoms with E-state index in [9.17, 15) is 9.59 Å². The Morgan fingerprint density at radius 3 is 2.28 bits per heavy atom. The van der Waals surface area contributed by atoms with Crippen LogP contribution in [0.2, 0.25) is 5.02 Å². The number of nitrogens with one attached hydrogen (secondary N) is 2. The number of aliphatic hydroxyl groups excluding tert-OH is 1. The first-order valence-electron chi connectivity index (χ1n) is 10.7. The average molecular weight is 451 g/mol. The first-order chi connectivity index (χ1) is 15.6. The zero-order valence-corrected chi connectivity index (χ0v) is 18.5. The Kier molecular flexibility index (Phi) is 8.84. The van der Waals surface area contributed by atoms with Gasteiger partial charge in [0.2, 0.25) is 5.91 Å². The lowest BCUT2D eigenvalue weighted by Gasteiger charge is -2.19. The molecule has 0 bridgehead atoms. The molecule has 3 aromatic carbocycles. The third kappa shape index (κ3) is 6.94. The molecule has 3 aromatic rings. The largest absolute Gasteiger partial charge is 0.396 e. The molecule has 0 spiro atoms. The molecule has 32 heavy (non-hydrogen) atoms. The maximum Gasteiger partial charge on any atom is 0.251 e. The zero-order chi connectivity index (χ0) is 22.8. The second-order valence-corrected chi connectivity index (χ2v) is 7.97. The van der Waals surface area contributed by atoms with Crippen LogP contribution in [0.5, 0.6) is 0 Å². The van der Waals surface area contributed by atoms with Gasteiger partial charge in [0.25, 0.3) is 5.91 Å². The van der Waals surface area contributed by atoms with E-state index in [-0.39, 0.29) is 18.4 Å². The molecule has 2 amide bonds. The van der Waals surface area contributed by atoms with E-state index in [0.29, 0.717) is 36.4 Å². The Hall–Kier alpha value is -3.15. The van der Waals surface area contributed by atoms with Crippen molar-refractivity contribution in [1.29, 1.82) is 0 Å². The van der Waals surface area contributed by atoms with Crippen LogP contribution in [0.15, 0.2) is 78.9 Å². The van der Waals surface area contributed by atoms with E-state index >= 15 is 0 Å². The van der Waals surface area contributed by atoms with Gasteiger partial charge >= 0.3 is 0 Å². The van der Waals surface area contributed by atoms with Crippen molar-refractivity contribution in [2.24, 2.45) is 0 Å². The molecule has 0 aliphatic heterocycles. The fourth-order valence-electron chi connectivity index (χ4n) is 3.37. The smallest absolute Gasteiger partial charge is 0.251 e. The summed E-state index contributed by atoms with van der Waals surface area (Å²) in [5.74, 6) is -0.575. The maximum atomic E-state index is 12.8. The van der Waals surface area contributed by atoms with Crippen LogP contribution in [0.1, 0.15) is 35.2 Å². The second-order valence-electron chi connectivity index (χ2n) is 7.54. The normalized spacial score (nSPS) is 11.6. The fraction of sp³-hybridized carbons (Fsp3) is 0.231. The molecule has 3 rings (SSSR count). The van der Waals surface area contributed by atoms with E-state index in [0.717, 1.165) is 16.7 Å². The zero-order valence-electron chi connectivity index (χ0n) is 17.8. The molecule has 0 fully saturated rings. The first kappa shape index (κ1) is 23.5. The Morgan fingerprint density at radius 1 is 0.875 bits per heavy atom. The SMILES string of the molecule is O=C(N[C@@H](CCCCO)C(=O)NCc1cccc(Cl)c1)c1ccc(-c2ccccc2)cc1. The lowest BCUT2D eigenvalue weighted by molar-refractivity contribution is -0.123. The number of hydrogen-bond acceptors (Lipinski definition) is 3. The molecular weight excluding hydrogens is 424 g/mol. The van der Waals surface area contributed by atoms with Gasteiger partial charge in [-0.05, 0) is 60.2 Å². The number of rotatable bonds is 10. The predicted molar refractivity (Wildman–Crippen MR) is 127 cm³/mol. The molecule has 0 aromatic heterocycles. The Bertz CT molecular complexity index is 1020. The van der Waals surface area contributed by atoms with Gasteiger partial charge in [0, 0.05) is 23.7 Å². The summed E-state index contributed by atoms with van der Waals surface area (Å²) in [6.45, 7) is 0.364. The highest BCUT2D eigenvalue weighted by Gasteiger charge is 2.21. The highest BCUT2D eigenvalue weighted by atomic mass is 35.5. The number of unbranched alkanes of at least 4 members (excludes halogenated alkanes) is 1. The van der Waals surface area contributed by atoms with E-state index in [1.807, 2.05) is 54.6 Å². The highest BCUT2D eigenvalue weighted by Crippen LogP contribution is 2.19. The van der Waals surface area contributed by atoms with Crippen LogP contribution < -0.4 is 10.6 Å². The molecule has 0 saturated carbocycles. The summed E-state index contributed by atoms with van der Waals surface area (Å²) in [5.41, 5.74) is 3.45. The highest BCUT2D eigenvalue weighted by molar-refractivity contribution is 6.30. The lowest BCUT2D eigenvalue weighted by atomic mass is 10.0. The number of hydrogen-bond donors (Lipinski definition) is 3.